The molecule has 0 aromatic rings. The summed E-state index contributed by atoms with van der Waals surface area (Å²) in [5.74, 6) is -0.618. The first-order valence-electron chi connectivity index (χ1n) is 5.70. The van der Waals surface area contributed by atoms with Crippen molar-refractivity contribution in [2.75, 3.05) is 20.8 Å². The normalized spacial score (nSPS) is 21.1. The van der Waals surface area contributed by atoms with Crippen molar-refractivity contribution in [3.05, 3.63) is 0 Å². The van der Waals surface area contributed by atoms with E-state index in [2.05, 4.69) is 0 Å². The molecule has 4 atom stereocenters. The molecule has 0 amide bonds. The van der Waals surface area contributed by atoms with Crippen LogP contribution in [0.4, 0.5) is 0 Å². The molecule has 0 radical (unpaired) electrons. The van der Waals surface area contributed by atoms with Gasteiger partial charge in [-0.3, -0.25) is 4.79 Å². The van der Waals surface area contributed by atoms with Crippen molar-refractivity contribution >= 4 is 5.78 Å². The number of carbonyl (C=O) groups is 1. The van der Waals surface area contributed by atoms with Gasteiger partial charge in [-0.05, 0) is 6.92 Å². The van der Waals surface area contributed by atoms with Gasteiger partial charge >= 0.3 is 0 Å². The summed E-state index contributed by atoms with van der Waals surface area (Å²) in [4.78, 5) is 11.0. The highest BCUT2D eigenvalue weighted by molar-refractivity contribution is 5.80. The van der Waals surface area contributed by atoms with Crippen molar-refractivity contribution in [3.63, 3.8) is 0 Å². The standard InChI is InChI=1S/C9H18O6/c1-5(11)7(13)9(15-3)8(14-2)6(12)4-10/h6-10,12-13H,4H2,1-3H3/t6-,7+,8-,9-/m1/s1/i2D,3D. The summed E-state index contributed by atoms with van der Waals surface area (Å²) in [6, 6.07) is 0. The van der Waals surface area contributed by atoms with Gasteiger partial charge in [-0.2, -0.15) is 0 Å². The second kappa shape index (κ2) is 6.86. The third-order valence-electron chi connectivity index (χ3n) is 2.00. The number of ether oxygens (including phenoxy) is 2. The zero-order valence-corrected chi connectivity index (χ0v) is 8.50. The first-order valence-corrected chi connectivity index (χ1v) is 4.28. The monoisotopic (exact) mass is 224 g/mol. The zero-order chi connectivity index (χ0) is 13.4. The molecule has 6 nitrogen and oxygen atoms in total. The fourth-order valence-corrected chi connectivity index (χ4v) is 1.13. The lowest BCUT2D eigenvalue weighted by atomic mass is 10.0. The molecule has 0 spiro atoms. The van der Waals surface area contributed by atoms with Crippen LogP contribution < -0.4 is 0 Å². The Kier molecular flexibility index (Phi) is 5.02. The fourth-order valence-electron chi connectivity index (χ4n) is 1.13. The summed E-state index contributed by atoms with van der Waals surface area (Å²) in [7, 11) is -1.09. The number of hydrogen-bond acceptors (Lipinski definition) is 6. The Morgan fingerprint density at radius 2 is 1.87 bits per heavy atom. The lowest BCUT2D eigenvalue weighted by Crippen LogP contribution is -2.50. The molecule has 0 saturated carbocycles. The lowest BCUT2D eigenvalue weighted by molar-refractivity contribution is -0.156. The third kappa shape index (κ3) is 3.84. The topological polar surface area (TPSA) is 96.2 Å². The van der Waals surface area contributed by atoms with Crippen LogP contribution in [-0.4, -0.2) is 66.3 Å². The van der Waals surface area contributed by atoms with Gasteiger partial charge in [0.15, 0.2) is 5.78 Å². The molecule has 0 aliphatic rings. The maximum Gasteiger partial charge on any atom is 0.160 e. The smallest absolute Gasteiger partial charge is 0.160 e. The Morgan fingerprint density at radius 1 is 1.33 bits per heavy atom. The van der Waals surface area contributed by atoms with Crippen LogP contribution in [-0.2, 0) is 14.3 Å². The molecule has 0 aromatic carbocycles. The van der Waals surface area contributed by atoms with Crippen LogP contribution >= 0.6 is 0 Å². The summed E-state index contributed by atoms with van der Waals surface area (Å²) < 4.78 is 23.4. The Morgan fingerprint density at radius 3 is 2.27 bits per heavy atom. The second-order valence-electron chi connectivity index (χ2n) is 3.07. The van der Waals surface area contributed by atoms with E-state index >= 15 is 0 Å². The molecule has 6 heteroatoms. The van der Waals surface area contributed by atoms with Crippen molar-refractivity contribution in [3.8, 4) is 0 Å². The number of rotatable bonds is 7. The van der Waals surface area contributed by atoms with E-state index in [1.54, 1.807) is 0 Å². The van der Waals surface area contributed by atoms with E-state index in [9.17, 15) is 15.0 Å². The molecule has 0 fully saturated rings. The van der Waals surface area contributed by atoms with E-state index in [-0.39, 0.29) is 0 Å². The highest BCUT2D eigenvalue weighted by Crippen LogP contribution is 2.12. The number of carbonyl (C=O) groups excluding carboxylic acids is 1. The second-order valence-corrected chi connectivity index (χ2v) is 3.07. The maximum absolute atomic E-state index is 11.0. The van der Waals surface area contributed by atoms with Crippen LogP contribution in [0.25, 0.3) is 0 Å². The Hall–Kier alpha value is -0.530. The molecule has 0 heterocycles. The summed E-state index contributed by atoms with van der Waals surface area (Å²) in [5.41, 5.74) is 0. The first kappa shape index (κ1) is 11.0. The minimum absolute atomic E-state index is 0.537. The van der Waals surface area contributed by atoms with Crippen LogP contribution in [0, 0.1) is 0 Å². The first-order chi connectivity index (χ1) is 7.99. The lowest BCUT2D eigenvalue weighted by Gasteiger charge is -2.30. The summed E-state index contributed by atoms with van der Waals surface area (Å²) in [6.07, 6.45) is -5.54. The van der Waals surface area contributed by atoms with Gasteiger partial charge in [0.2, 0.25) is 0 Å². The number of ketones is 1. The van der Waals surface area contributed by atoms with Gasteiger partial charge in [0.05, 0.1) is 9.35 Å². The van der Waals surface area contributed by atoms with E-state index in [0.29, 0.717) is 0 Å². The molecule has 0 bridgehead atoms. The fraction of sp³-hybridized carbons (Fsp3) is 0.889. The number of Topliss-reactive ketones (excluding diaryl/α,β-unsaturated/α-hetero) is 1. The average Bonchev–Trinajstić information content (AvgIpc) is 2.31. The third-order valence-corrected chi connectivity index (χ3v) is 2.00. The van der Waals surface area contributed by atoms with Crippen molar-refractivity contribution in [1.82, 2.24) is 0 Å². The van der Waals surface area contributed by atoms with Gasteiger partial charge in [-0.1, -0.05) is 0 Å². The number of methoxy groups -OCH3 is 2. The van der Waals surface area contributed by atoms with E-state index in [0.717, 1.165) is 6.92 Å². The average molecular weight is 224 g/mol. The zero-order valence-electron chi connectivity index (χ0n) is 10.5. The highest BCUT2D eigenvalue weighted by Gasteiger charge is 2.35. The van der Waals surface area contributed by atoms with Crippen LogP contribution in [0.15, 0.2) is 0 Å². The van der Waals surface area contributed by atoms with Crippen molar-refractivity contribution in [2.45, 2.75) is 31.3 Å². The predicted octanol–water partition coefficient (Wildman–Crippen LogP) is -1.68. The molecule has 0 aliphatic carbocycles. The summed E-state index contributed by atoms with van der Waals surface area (Å²) >= 11 is 0. The van der Waals surface area contributed by atoms with E-state index in [1.165, 1.54) is 0 Å². The van der Waals surface area contributed by atoms with Gasteiger partial charge in [0, 0.05) is 14.2 Å². The molecule has 0 aromatic heterocycles. The van der Waals surface area contributed by atoms with Crippen molar-refractivity contribution in [2.24, 2.45) is 0 Å². The quantitative estimate of drug-likeness (QED) is 0.478. The molecule has 15 heavy (non-hydrogen) atoms. The number of aliphatic hydroxyl groups excluding tert-OH is 3. The number of aliphatic hydroxyl groups is 3. The Bertz CT molecular complexity index is 228. The molecule has 0 rings (SSSR count). The molecule has 0 aliphatic heterocycles. The highest BCUT2D eigenvalue weighted by atomic mass is 16.5. The predicted molar refractivity (Wildman–Crippen MR) is 51.4 cm³/mol. The van der Waals surface area contributed by atoms with Crippen LogP contribution in [0.1, 0.15) is 9.67 Å². The largest absolute Gasteiger partial charge is 0.394 e. The van der Waals surface area contributed by atoms with Crippen molar-refractivity contribution in [1.29, 1.82) is 0 Å². The van der Waals surface area contributed by atoms with Gasteiger partial charge in [0.1, 0.15) is 24.4 Å². The molecular weight excluding hydrogens is 204 g/mol. The van der Waals surface area contributed by atoms with Gasteiger partial charge < -0.3 is 24.8 Å². The Labute approximate surface area is 91.2 Å². The molecular formula is C9H18O6. The van der Waals surface area contributed by atoms with Crippen LogP contribution in [0.3, 0.4) is 0 Å². The number of hydrogen-bond donors (Lipinski definition) is 3. The van der Waals surface area contributed by atoms with E-state index in [4.69, 9.17) is 17.3 Å². The SMILES string of the molecule is [2H]CO[C@@H]([C@H](OC[2H])[C@@H](O)C(C)=O)[C@H](O)CO. The minimum atomic E-state index is -1.59. The summed E-state index contributed by atoms with van der Waals surface area (Å²) in [5, 5.41) is 27.8. The van der Waals surface area contributed by atoms with Crippen LogP contribution in [0.2, 0.25) is 0 Å². The van der Waals surface area contributed by atoms with Gasteiger partial charge in [-0.25, -0.2) is 0 Å². The maximum atomic E-state index is 11.0. The van der Waals surface area contributed by atoms with E-state index in [1.807, 2.05) is 0 Å². The van der Waals surface area contributed by atoms with Gasteiger partial charge in [-0.15, -0.1) is 0 Å². The molecule has 0 unspecified atom stereocenters. The minimum Gasteiger partial charge on any atom is -0.394 e. The Balaban J connectivity index is 4.86. The van der Waals surface area contributed by atoms with Crippen molar-refractivity contribution < 1.29 is 32.3 Å². The molecule has 0 saturated heterocycles. The molecule has 3 N–H and O–H groups in total. The van der Waals surface area contributed by atoms with Crippen LogP contribution in [0.5, 0.6) is 0 Å². The summed E-state index contributed by atoms with van der Waals surface area (Å²) in [6.45, 7) is 0.446. The van der Waals surface area contributed by atoms with Gasteiger partial charge in [0.25, 0.3) is 0 Å². The molecule has 90 valence electrons. The van der Waals surface area contributed by atoms with E-state index < -0.39 is 51.0 Å².